The number of benzene rings is 1. The van der Waals surface area contributed by atoms with E-state index < -0.39 is 5.82 Å². The van der Waals surface area contributed by atoms with Gasteiger partial charge in [0.1, 0.15) is 5.82 Å². The van der Waals surface area contributed by atoms with Crippen LogP contribution in [0.5, 0.6) is 0 Å². The molecule has 1 aliphatic rings. The van der Waals surface area contributed by atoms with Gasteiger partial charge in [0, 0.05) is 38.1 Å². The summed E-state index contributed by atoms with van der Waals surface area (Å²) in [6.45, 7) is 7.36. The summed E-state index contributed by atoms with van der Waals surface area (Å²) in [4.78, 5) is 21.3. The Kier molecular flexibility index (Phi) is 5.71. The number of hydrogen-bond donors (Lipinski definition) is 0. The van der Waals surface area contributed by atoms with Crippen molar-refractivity contribution in [1.82, 2.24) is 14.8 Å². The molecule has 1 fully saturated rings. The van der Waals surface area contributed by atoms with Gasteiger partial charge in [-0.2, -0.15) is 0 Å². The van der Waals surface area contributed by atoms with E-state index in [0.29, 0.717) is 18.7 Å². The summed E-state index contributed by atoms with van der Waals surface area (Å²) in [5, 5.41) is 3.35. The number of hydrogen-bond acceptors (Lipinski definition) is 4. The highest BCUT2D eigenvalue weighted by Gasteiger charge is 2.25. The van der Waals surface area contributed by atoms with E-state index in [2.05, 4.69) is 15.3 Å². The Labute approximate surface area is 156 Å². The van der Waals surface area contributed by atoms with Gasteiger partial charge in [0.05, 0.1) is 21.3 Å². The van der Waals surface area contributed by atoms with Crippen molar-refractivity contribution < 1.29 is 9.18 Å². The number of carbonyl (C=O) groups is 1. The summed E-state index contributed by atoms with van der Waals surface area (Å²) < 4.78 is 14.2. The molecule has 0 aliphatic carbocycles. The van der Waals surface area contributed by atoms with Crippen molar-refractivity contribution in [2.45, 2.75) is 26.8 Å². The van der Waals surface area contributed by atoms with Gasteiger partial charge in [0.2, 0.25) is 0 Å². The standard InChI is InChI=1S/C18H21ClFN3OS/c1-12-4-5-15(20)16(17(12)19)18(24)23-7-3-6-22(8-9-23)10-14-11-25-13(2)21-14/h4-5,11H,3,6-10H2,1-2H3. The maximum Gasteiger partial charge on any atom is 0.258 e. The molecule has 0 radical (unpaired) electrons. The van der Waals surface area contributed by atoms with Crippen molar-refractivity contribution >= 4 is 28.8 Å². The molecule has 1 saturated heterocycles. The first-order chi connectivity index (χ1) is 12.0. The zero-order chi connectivity index (χ0) is 18.0. The van der Waals surface area contributed by atoms with Gasteiger partial charge in [0.15, 0.2) is 0 Å². The van der Waals surface area contributed by atoms with Crippen LogP contribution in [0.4, 0.5) is 4.39 Å². The molecule has 2 heterocycles. The smallest absolute Gasteiger partial charge is 0.258 e. The lowest BCUT2D eigenvalue weighted by Crippen LogP contribution is -2.35. The minimum absolute atomic E-state index is 0.00903. The van der Waals surface area contributed by atoms with E-state index in [-0.39, 0.29) is 16.5 Å². The van der Waals surface area contributed by atoms with E-state index in [4.69, 9.17) is 11.6 Å². The van der Waals surface area contributed by atoms with Crippen LogP contribution in [0, 0.1) is 19.7 Å². The fourth-order valence-corrected chi connectivity index (χ4v) is 3.89. The fraction of sp³-hybridized carbons (Fsp3) is 0.444. The third-order valence-corrected chi connectivity index (χ3v) is 5.74. The van der Waals surface area contributed by atoms with Crippen LogP contribution in [0.1, 0.15) is 33.0 Å². The lowest BCUT2D eigenvalue weighted by Gasteiger charge is -2.22. The zero-order valence-electron chi connectivity index (χ0n) is 14.4. The van der Waals surface area contributed by atoms with Crippen LogP contribution in [0.3, 0.4) is 0 Å². The lowest BCUT2D eigenvalue weighted by atomic mass is 10.1. The summed E-state index contributed by atoms with van der Waals surface area (Å²) in [6.07, 6.45) is 0.847. The molecule has 0 unspecified atom stereocenters. The van der Waals surface area contributed by atoms with Gasteiger partial charge in [-0.1, -0.05) is 17.7 Å². The van der Waals surface area contributed by atoms with Gasteiger partial charge in [-0.25, -0.2) is 9.37 Å². The SMILES string of the molecule is Cc1nc(CN2CCCN(C(=O)c3c(F)ccc(C)c3Cl)CC2)cs1. The van der Waals surface area contributed by atoms with Gasteiger partial charge < -0.3 is 4.90 Å². The predicted molar refractivity (Wildman–Crippen MR) is 98.8 cm³/mol. The molecule has 1 aromatic carbocycles. The molecule has 1 aliphatic heterocycles. The Bertz CT molecular complexity index is 780. The minimum Gasteiger partial charge on any atom is -0.337 e. The number of aryl methyl sites for hydroxylation is 2. The van der Waals surface area contributed by atoms with Gasteiger partial charge >= 0.3 is 0 Å². The van der Waals surface area contributed by atoms with E-state index >= 15 is 0 Å². The number of halogens is 2. The number of aromatic nitrogens is 1. The molecule has 134 valence electrons. The molecule has 0 N–H and O–H groups in total. The second kappa shape index (κ2) is 7.81. The van der Waals surface area contributed by atoms with Crippen molar-refractivity contribution in [3.8, 4) is 0 Å². The number of rotatable bonds is 3. The van der Waals surface area contributed by atoms with Crippen molar-refractivity contribution in [3.05, 3.63) is 50.2 Å². The second-order valence-electron chi connectivity index (χ2n) is 6.33. The highest BCUT2D eigenvalue weighted by Crippen LogP contribution is 2.25. The monoisotopic (exact) mass is 381 g/mol. The van der Waals surface area contributed by atoms with E-state index in [1.54, 1.807) is 29.2 Å². The first-order valence-electron chi connectivity index (χ1n) is 8.33. The van der Waals surface area contributed by atoms with Crippen LogP contribution in [-0.4, -0.2) is 46.9 Å². The molecule has 0 spiro atoms. The molecular formula is C18H21ClFN3OS. The molecule has 0 saturated carbocycles. The fourth-order valence-electron chi connectivity index (χ4n) is 3.05. The summed E-state index contributed by atoms with van der Waals surface area (Å²) in [5.74, 6) is -0.878. The Morgan fingerprint density at radius 3 is 2.80 bits per heavy atom. The number of thiazole rings is 1. The average Bonchev–Trinajstić information content (AvgIpc) is 2.84. The van der Waals surface area contributed by atoms with E-state index in [0.717, 1.165) is 36.8 Å². The predicted octanol–water partition coefficient (Wildman–Crippen LogP) is 3.90. The molecule has 1 amide bonds. The highest BCUT2D eigenvalue weighted by atomic mass is 35.5. The molecule has 1 aromatic heterocycles. The van der Waals surface area contributed by atoms with E-state index in [9.17, 15) is 9.18 Å². The van der Waals surface area contributed by atoms with Crippen LogP contribution < -0.4 is 0 Å². The van der Waals surface area contributed by atoms with E-state index in [1.165, 1.54) is 6.07 Å². The maximum absolute atomic E-state index is 14.2. The average molecular weight is 382 g/mol. The molecule has 2 aromatic rings. The molecule has 0 atom stereocenters. The molecule has 3 rings (SSSR count). The highest BCUT2D eigenvalue weighted by molar-refractivity contribution is 7.09. The van der Waals surface area contributed by atoms with Crippen LogP contribution >= 0.6 is 22.9 Å². The summed E-state index contributed by atoms with van der Waals surface area (Å²) in [6, 6.07) is 2.90. The molecular weight excluding hydrogens is 361 g/mol. The topological polar surface area (TPSA) is 36.4 Å². The zero-order valence-corrected chi connectivity index (χ0v) is 16.0. The quantitative estimate of drug-likeness (QED) is 0.809. The molecule has 4 nitrogen and oxygen atoms in total. The largest absolute Gasteiger partial charge is 0.337 e. The third kappa shape index (κ3) is 4.19. The summed E-state index contributed by atoms with van der Waals surface area (Å²) in [5.41, 5.74) is 1.77. The van der Waals surface area contributed by atoms with Crippen LogP contribution in [0.15, 0.2) is 17.5 Å². The molecule has 7 heteroatoms. The normalized spacial score (nSPS) is 16.1. The van der Waals surface area contributed by atoms with Gasteiger partial charge in [-0.15, -0.1) is 11.3 Å². The number of amides is 1. The van der Waals surface area contributed by atoms with Gasteiger partial charge in [0.25, 0.3) is 5.91 Å². The third-order valence-electron chi connectivity index (χ3n) is 4.43. The number of nitrogens with zero attached hydrogens (tertiary/aromatic N) is 3. The second-order valence-corrected chi connectivity index (χ2v) is 7.77. The van der Waals surface area contributed by atoms with Crippen molar-refractivity contribution in [2.75, 3.05) is 26.2 Å². The van der Waals surface area contributed by atoms with Crippen LogP contribution in [-0.2, 0) is 6.54 Å². The van der Waals surface area contributed by atoms with E-state index in [1.807, 2.05) is 6.92 Å². The van der Waals surface area contributed by atoms with Crippen LogP contribution in [0.2, 0.25) is 5.02 Å². The number of carbonyl (C=O) groups excluding carboxylic acids is 1. The maximum atomic E-state index is 14.2. The lowest BCUT2D eigenvalue weighted by molar-refractivity contribution is 0.0756. The van der Waals surface area contributed by atoms with Gasteiger partial charge in [-0.05, 0) is 31.9 Å². The first-order valence-corrected chi connectivity index (χ1v) is 9.58. The Morgan fingerprint density at radius 2 is 2.08 bits per heavy atom. The Balaban J connectivity index is 1.69. The molecule has 25 heavy (non-hydrogen) atoms. The van der Waals surface area contributed by atoms with Crippen molar-refractivity contribution in [2.24, 2.45) is 0 Å². The van der Waals surface area contributed by atoms with Crippen LogP contribution in [0.25, 0.3) is 0 Å². The van der Waals surface area contributed by atoms with Crippen molar-refractivity contribution in [3.63, 3.8) is 0 Å². The summed E-state index contributed by atoms with van der Waals surface area (Å²) >= 11 is 7.83. The Morgan fingerprint density at radius 1 is 1.28 bits per heavy atom. The Hall–Kier alpha value is -1.50. The molecule has 0 bridgehead atoms. The minimum atomic E-state index is -0.556. The first kappa shape index (κ1) is 18.3. The van der Waals surface area contributed by atoms with Gasteiger partial charge in [-0.3, -0.25) is 9.69 Å². The summed E-state index contributed by atoms with van der Waals surface area (Å²) in [7, 11) is 0. The van der Waals surface area contributed by atoms with Crippen molar-refractivity contribution in [1.29, 1.82) is 0 Å².